The van der Waals surface area contributed by atoms with Gasteiger partial charge < -0.3 is 14.6 Å². The summed E-state index contributed by atoms with van der Waals surface area (Å²) in [7, 11) is 0. The van der Waals surface area contributed by atoms with E-state index in [-0.39, 0.29) is 30.9 Å². The Morgan fingerprint density at radius 2 is 1.67 bits per heavy atom. The van der Waals surface area contributed by atoms with Crippen LogP contribution in [-0.4, -0.2) is 30.3 Å². The second-order valence-electron chi connectivity index (χ2n) is 4.00. The van der Waals surface area contributed by atoms with Crippen molar-refractivity contribution in [2.75, 3.05) is 13.2 Å². The van der Waals surface area contributed by atoms with E-state index in [9.17, 15) is 9.59 Å². The number of phenols is 1. The number of carbonyl (C=O) groups excluding carboxylic acids is 2. The van der Waals surface area contributed by atoms with Gasteiger partial charge in [0.15, 0.2) is 0 Å². The molecule has 0 heterocycles. The topological polar surface area (TPSA) is 72.8 Å². The zero-order valence-electron chi connectivity index (χ0n) is 10.4. The molecule has 1 rings (SSSR count). The van der Waals surface area contributed by atoms with Gasteiger partial charge in [-0.05, 0) is 24.3 Å². The molecule has 0 fully saturated rings. The van der Waals surface area contributed by atoms with Crippen LogP contribution in [-0.2, 0) is 14.3 Å². The number of ether oxygens (including phenoxy) is 2. The molecule has 98 valence electrons. The number of phenolic OH excluding ortho intramolecular Hbond substituents is 1. The van der Waals surface area contributed by atoms with Gasteiger partial charge in [-0.3, -0.25) is 4.79 Å². The van der Waals surface area contributed by atoms with Crippen molar-refractivity contribution in [1.82, 2.24) is 0 Å². The fraction of sp³-hybridized carbons (Fsp3) is 0.385. The Morgan fingerprint density at radius 3 is 2.22 bits per heavy atom. The summed E-state index contributed by atoms with van der Waals surface area (Å²) in [6, 6.07) is 5.71. The lowest BCUT2D eigenvalue weighted by Crippen LogP contribution is -2.17. The summed E-state index contributed by atoms with van der Waals surface area (Å²) in [5, 5.41) is 9.06. The van der Waals surface area contributed by atoms with Gasteiger partial charge in [-0.1, -0.05) is 13.8 Å². The van der Waals surface area contributed by atoms with Gasteiger partial charge in [0.25, 0.3) is 0 Å². The number of hydrogen-bond donors (Lipinski definition) is 1. The summed E-state index contributed by atoms with van der Waals surface area (Å²) in [4.78, 5) is 22.6. The van der Waals surface area contributed by atoms with Gasteiger partial charge in [-0.25, -0.2) is 4.79 Å². The summed E-state index contributed by atoms with van der Waals surface area (Å²) in [5.41, 5.74) is 0.336. The van der Waals surface area contributed by atoms with E-state index in [1.54, 1.807) is 13.8 Å². The first-order valence-electron chi connectivity index (χ1n) is 5.63. The minimum Gasteiger partial charge on any atom is -0.508 e. The highest BCUT2D eigenvalue weighted by atomic mass is 16.6. The van der Waals surface area contributed by atoms with Crippen molar-refractivity contribution in [1.29, 1.82) is 0 Å². The SMILES string of the molecule is CC(C)C(=O)OCCOC(=O)c1ccc(O)cc1. The molecule has 0 unspecified atom stereocenters. The molecule has 0 aromatic heterocycles. The maximum absolute atomic E-state index is 11.5. The van der Waals surface area contributed by atoms with Crippen molar-refractivity contribution in [2.45, 2.75) is 13.8 Å². The minimum absolute atomic E-state index is 0.0121. The van der Waals surface area contributed by atoms with Crippen LogP contribution < -0.4 is 0 Å². The van der Waals surface area contributed by atoms with E-state index in [1.165, 1.54) is 24.3 Å². The first-order valence-corrected chi connectivity index (χ1v) is 5.63. The highest BCUT2D eigenvalue weighted by molar-refractivity contribution is 5.89. The van der Waals surface area contributed by atoms with Crippen LogP contribution in [0.1, 0.15) is 24.2 Å². The molecule has 0 saturated carbocycles. The average Bonchev–Trinajstić information content (AvgIpc) is 2.34. The molecule has 0 aliphatic carbocycles. The van der Waals surface area contributed by atoms with Crippen molar-refractivity contribution in [3.8, 4) is 5.75 Å². The Hall–Kier alpha value is -2.04. The van der Waals surface area contributed by atoms with Crippen LogP contribution in [0.2, 0.25) is 0 Å². The zero-order valence-corrected chi connectivity index (χ0v) is 10.4. The van der Waals surface area contributed by atoms with Crippen molar-refractivity contribution in [2.24, 2.45) is 5.92 Å². The van der Waals surface area contributed by atoms with E-state index < -0.39 is 5.97 Å². The predicted molar refractivity (Wildman–Crippen MR) is 64.2 cm³/mol. The molecule has 1 aromatic rings. The fourth-order valence-corrected chi connectivity index (χ4v) is 1.12. The molecule has 0 spiro atoms. The van der Waals surface area contributed by atoms with Crippen molar-refractivity contribution in [3.05, 3.63) is 29.8 Å². The molecular formula is C13H16O5. The van der Waals surface area contributed by atoms with Gasteiger partial charge in [-0.15, -0.1) is 0 Å². The predicted octanol–water partition coefficient (Wildman–Crippen LogP) is 1.75. The third-order valence-corrected chi connectivity index (χ3v) is 2.14. The number of benzene rings is 1. The number of carbonyl (C=O) groups is 2. The van der Waals surface area contributed by atoms with E-state index >= 15 is 0 Å². The third-order valence-electron chi connectivity index (χ3n) is 2.14. The van der Waals surface area contributed by atoms with E-state index in [4.69, 9.17) is 14.6 Å². The smallest absolute Gasteiger partial charge is 0.338 e. The van der Waals surface area contributed by atoms with Gasteiger partial charge >= 0.3 is 11.9 Å². The molecule has 1 N–H and O–H groups in total. The summed E-state index contributed by atoms with van der Waals surface area (Å²) >= 11 is 0. The van der Waals surface area contributed by atoms with Crippen LogP contribution in [0, 0.1) is 5.92 Å². The number of hydrogen-bond acceptors (Lipinski definition) is 5. The molecular weight excluding hydrogens is 236 g/mol. The summed E-state index contributed by atoms with van der Waals surface area (Å²) in [6.45, 7) is 3.51. The molecule has 5 heteroatoms. The highest BCUT2D eigenvalue weighted by Gasteiger charge is 2.09. The molecule has 0 atom stereocenters. The lowest BCUT2D eigenvalue weighted by atomic mass is 10.2. The van der Waals surface area contributed by atoms with Gasteiger partial charge in [0.1, 0.15) is 19.0 Å². The van der Waals surface area contributed by atoms with Gasteiger partial charge in [0.2, 0.25) is 0 Å². The molecule has 1 aromatic carbocycles. The van der Waals surface area contributed by atoms with Crippen molar-refractivity contribution >= 4 is 11.9 Å². The van der Waals surface area contributed by atoms with Crippen LogP contribution in [0.15, 0.2) is 24.3 Å². The second kappa shape index (κ2) is 6.64. The Labute approximate surface area is 105 Å². The lowest BCUT2D eigenvalue weighted by Gasteiger charge is -2.08. The molecule has 0 aliphatic rings. The van der Waals surface area contributed by atoms with Crippen LogP contribution in [0.3, 0.4) is 0 Å². The fourth-order valence-electron chi connectivity index (χ4n) is 1.12. The maximum Gasteiger partial charge on any atom is 0.338 e. The standard InChI is InChI=1S/C13H16O5/c1-9(2)12(15)17-7-8-18-13(16)10-3-5-11(14)6-4-10/h3-6,9,14H,7-8H2,1-2H3. The van der Waals surface area contributed by atoms with Crippen molar-refractivity contribution in [3.63, 3.8) is 0 Å². The Kier molecular flexibility index (Phi) is 5.17. The number of esters is 2. The third kappa shape index (κ3) is 4.45. The van der Waals surface area contributed by atoms with Crippen molar-refractivity contribution < 1.29 is 24.2 Å². The quantitative estimate of drug-likeness (QED) is 0.638. The monoisotopic (exact) mass is 252 g/mol. The normalized spacial score (nSPS) is 10.2. The first kappa shape index (κ1) is 14.0. The van der Waals surface area contributed by atoms with Crippen LogP contribution in [0.5, 0.6) is 5.75 Å². The number of rotatable bonds is 5. The van der Waals surface area contributed by atoms with Crippen LogP contribution in [0.25, 0.3) is 0 Å². The van der Waals surface area contributed by atoms with Crippen LogP contribution >= 0.6 is 0 Å². The van der Waals surface area contributed by atoms with Gasteiger partial charge in [-0.2, -0.15) is 0 Å². The second-order valence-corrected chi connectivity index (χ2v) is 4.00. The molecule has 18 heavy (non-hydrogen) atoms. The summed E-state index contributed by atoms with van der Waals surface area (Å²) < 4.78 is 9.75. The average molecular weight is 252 g/mol. The maximum atomic E-state index is 11.5. The molecule has 0 aliphatic heterocycles. The number of aromatic hydroxyl groups is 1. The molecule has 0 radical (unpaired) electrons. The van der Waals surface area contributed by atoms with E-state index in [1.807, 2.05) is 0 Å². The first-order chi connectivity index (χ1) is 8.50. The Morgan fingerprint density at radius 1 is 1.11 bits per heavy atom. The zero-order chi connectivity index (χ0) is 13.5. The summed E-state index contributed by atoms with van der Waals surface area (Å²) in [5.74, 6) is -0.957. The van der Waals surface area contributed by atoms with E-state index in [0.29, 0.717) is 5.56 Å². The molecule has 0 amide bonds. The van der Waals surface area contributed by atoms with Gasteiger partial charge in [0, 0.05) is 0 Å². The van der Waals surface area contributed by atoms with Gasteiger partial charge in [0.05, 0.1) is 11.5 Å². The Bertz CT molecular complexity index is 408. The lowest BCUT2D eigenvalue weighted by molar-refractivity contribution is -0.148. The molecule has 0 bridgehead atoms. The highest BCUT2D eigenvalue weighted by Crippen LogP contribution is 2.10. The largest absolute Gasteiger partial charge is 0.508 e. The minimum atomic E-state index is -0.518. The summed E-state index contributed by atoms with van der Waals surface area (Å²) in [6.07, 6.45) is 0. The van der Waals surface area contributed by atoms with Crippen LogP contribution in [0.4, 0.5) is 0 Å². The Balaban J connectivity index is 2.29. The molecule has 0 saturated heterocycles. The van der Waals surface area contributed by atoms with E-state index in [0.717, 1.165) is 0 Å². The van der Waals surface area contributed by atoms with E-state index in [2.05, 4.69) is 0 Å². The molecule has 5 nitrogen and oxygen atoms in total.